The highest BCUT2D eigenvalue weighted by Gasteiger charge is 2.15. The van der Waals surface area contributed by atoms with Crippen molar-refractivity contribution in [1.29, 1.82) is 0 Å². The monoisotopic (exact) mass is 431 g/mol. The molecule has 0 unspecified atom stereocenters. The fourth-order valence-corrected chi connectivity index (χ4v) is 3.97. The van der Waals surface area contributed by atoms with Crippen molar-refractivity contribution in [2.45, 2.75) is 73.3 Å². The first-order valence-corrected chi connectivity index (χ1v) is 11.4. The number of hydrogen-bond donors (Lipinski definition) is 0. The molecule has 1 aromatic heterocycles. The van der Waals surface area contributed by atoms with E-state index in [1.165, 1.54) is 16.7 Å². The number of nitrogens with zero attached hydrogens (tertiary/aromatic N) is 3. The summed E-state index contributed by atoms with van der Waals surface area (Å²) in [5.41, 5.74) is 6.68. The van der Waals surface area contributed by atoms with Gasteiger partial charge in [-0.3, -0.25) is 9.59 Å². The maximum Gasteiger partial charge on any atom is 0.163 e. The molecule has 0 saturated heterocycles. The van der Waals surface area contributed by atoms with Crippen LogP contribution in [0.25, 0.3) is 0 Å². The normalized spacial score (nSPS) is 11.0. The van der Waals surface area contributed by atoms with Crippen LogP contribution in [-0.2, 0) is 30.6 Å². The van der Waals surface area contributed by atoms with E-state index in [9.17, 15) is 9.59 Å². The first-order chi connectivity index (χ1) is 15.3. The Morgan fingerprint density at radius 2 is 1.44 bits per heavy atom. The Balaban J connectivity index is 1.58. The lowest BCUT2D eigenvalue weighted by molar-refractivity contribution is -0.118. The van der Waals surface area contributed by atoms with Gasteiger partial charge in [-0.1, -0.05) is 42.0 Å². The molecule has 0 N–H and O–H groups in total. The third kappa shape index (κ3) is 5.58. The molecule has 3 rings (SSSR count). The molecule has 5 nitrogen and oxygen atoms in total. The molecule has 2 aromatic carbocycles. The fourth-order valence-electron chi connectivity index (χ4n) is 3.97. The van der Waals surface area contributed by atoms with Crippen LogP contribution in [0.2, 0.25) is 0 Å². The smallest absolute Gasteiger partial charge is 0.163 e. The number of Topliss-reactive ketones (excluding diaryl/α,β-unsaturated/α-hetero) is 2. The first kappa shape index (κ1) is 23.6. The highest BCUT2D eigenvalue weighted by atomic mass is 16.1. The predicted octanol–water partition coefficient (Wildman–Crippen LogP) is 5.09. The van der Waals surface area contributed by atoms with Crippen LogP contribution in [0.3, 0.4) is 0 Å². The molecular weight excluding hydrogens is 398 g/mol. The van der Waals surface area contributed by atoms with Crippen molar-refractivity contribution in [3.8, 4) is 0 Å². The molecule has 0 aliphatic heterocycles. The third-order valence-corrected chi connectivity index (χ3v) is 6.35. The van der Waals surface area contributed by atoms with Gasteiger partial charge in [0, 0.05) is 44.2 Å². The van der Waals surface area contributed by atoms with Gasteiger partial charge >= 0.3 is 0 Å². The summed E-state index contributed by atoms with van der Waals surface area (Å²) >= 11 is 0. The van der Waals surface area contributed by atoms with Gasteiger partial charge < -0.3 is 4.57 Å². The number of hydrogen-bond acceptors (Lipinski definition) is 4. The number of aryl methyl sites for hydroxylation is 4. The Kier molecular flexibility index (Phi) is 7.73. The first-order valence-electron chi connectivity index (χ1n) is 11.4. The Morgan fingerprint density at radius 3 is 2.06 bits per heavy atom. The summed E-state index contributed by atoms with van der Waals surface area (Å²) in [6.45, 7) is 11.1. The topological polar surface area (TPSA) is 64.8 Å². The molecular formula is C27H33N3O2. The second-order valence-electron chi connectivity index (χ2n) is 8.57. The lowest BCUT2D eigenvalue weighted by Gasteiger charge is -2.11. The van der Waals surface area contributed by atoms with Gasteiger partial charge in [0.2, 0.25) is 0 Å². The molecule has 5 heteroatoms. The zero-order valence-corrected chi connectivity index (χ0v) is 19.9. The van der Waals surface area contributed by atoms with Crippen molar-refractivity contribution in [3.05, 3.63) is 81.4 Å². The molecule has 0 spiro atoms. The van der Waals surface area contributed by atoms with Crippen molar-refractivity contribution in [3.63, 3.8) is 0 Å². The molecule has 0 aliphatic carbocycles. The molecule has 0 amide bonds. The van der Waals surface area contributed by atoms with E-state index in [0.717, 1.165) is 34.9 Å². The summed E-state index contributed by atoms with van der Waals surface area (Å²) in [6, 6.07) is 11.8. The molecule has 0 fully saturated rings. The molecule has 168 valence electrons. The Labute approximate surface area is 190 Å². The molecule has 3 aromatic rings. The van der Waals surface area contributed by atoms with Gasteiger partial charge in [-0.15, -0.1) is 10.2 Å². The van der Waals surface area contributed by atoms with Crippen molar-refractivity contribution < 1.29 is 9.59 Å². The zero-order valence-electron chi connectivity index (χ0n) is 19.9. The standard InChI is InChI=1S/C27H33N3O2/c1-6-30-26(15-13-24(31)17-23-12-9-19(3)20(4)21(23)5)28-29-27(30)16-14-25(32)22-10-7-18(2)8-11-22/h7-12H,6,13-17H2,1-5H3. The minimum Gasteiger partial charge on any atom is -0.315 e. The number of ketones is 2. The molecule has 0 saturated carbocycles. The van der Waals surface area contributed by atoms with Gasteiger partial charge in [-0.05, 0) is 56.9 Å². The largest absolute Gasteiger partial charge is 0.315 e. The van der Waals surface area contributed by atoms with Crippen LogP contribution in [0, 0.1) is 27.7 Å². The van der Waals surface area contributed by atoms with E-state index in [1.807, 2.05) is 42.7 Å². The second-order valence-corrected chi connectivity index (χ2v) is 8.57. The fraction of sp³-hybridized carbons (Fsp3) is 0.407. The average molecular weight is 432 g/mol. The number of rotatable bonds is 10. The van der Waals surface area contributed by atoms with Crippen LogP contribution < -0.4 is 0 Å². The molecule has 0 aliphatic rings. The summed E-state index contributed by atoms with van der Waals surface area (Å²) in [5.74, 6) is 1.94. The number of carbonyl (C=O) groups is 2. The molecule has 32 heavy (non-hydrogen) atoms. The maximum atomic E-state index is 12.6. The summed E-state index contributed by atoms with van der Waals surface area (Å²) in [5, 5.41) is 8.63. The van der Waals surface area contributed by atoms with E-state index in [1.54, 1.807) is 0 Å². The van der Waals surface area contributed by atoms with Crippen LogP contribution in [0.1, 0.15) is 69.6 Å². The van der Waals surface area contributed by atoms with Crippen molar-refractivity contribution in [2.24, 2.45) is 0 Å². The second kappa shape index (κ2) is 10.5. The van der Waals surface area contributed by atoms with Crippen LogP contribution in [-0.4, -0.2) is 26.3 Å². The Morgan fingerprint density at radius 1 is 0.812 bits per heavy atom. The van der Waals surface area contributed by atoms with Crippen LogP contribution in [0.5, 0.6) is 0 Å². The van der Waals surface area contributed by atoms with Crippen LogP contribution in [0.15, 0.2) is 36.4 Å². The summed E-state index contributed by atoms with van der Waals surface area (Å²) in [6.07, 6.45) is 2.39. The highest BCUT2D eigenvalue weighted by molar-refractivity contribution is 5.96. The van der Waals surface area contributed by atoms with Crippen LogP contribution in [0.4, 0.5) is 0 Å². The number of carbonyl (C=O) groups excluding carboxylic acids is 2. The van der Waals surface area contributed by atoms with E-state index in [4.69, 9.17) is 0 Å². The van der Waals surface area contributed by atoms with Gasteiger partial charge in [0.05, 0.1) is 0 Å². The van der Waals surface area contributed by atoms with E-state index < -0.39 is 0 Å². The Bertz CT molecular complexity index is 1110. The predicted molar refractivity (Wildman–Crippen MR) is 127 cm³/mol. The lowest BCUT2D eigenvalue weighted by atomic mass is 9.95. The summed E-state index contributed by atoms with van der Waals surface area (Å²) in [4.78, 5) is 25.1. The minimum atomic E-state index is 0.108. The SMILES string of the molecule is CCn1c(CCC(=O)Cc2ccc(C)c(C)c2C)nnc1CCC(=O)c1ccc(C)cc1. The molecule has 0 bridgehead atoms. The molecule has 1 heterocycles. The number of benzene rings is 2. The molecule has 0 radical (unpaired) electrons. The van der Waals surface area contributed by atoms with Gasteiger partial charge in [-0.2, -0.15) is 0 Å². The van der Waals surface area contributed by atoms with E-state index in [2.05, 4.69) is 43.1 Å². The van der Waals surface area contributed by atoms with Gasteiger partial charge in [-0.25, -0.2) is 0 Å². The van der Waals surface area contributed by atoms with Crippen molar-refractivity contribution >= 4 is 11.6 Å². The zero-order chi connectivity index (χ0) is 23.3. The number of aromatic nitrogens is 3. The quantitative estimate of drug-likeness (QED) is 0.419. The van der Waals surface area contributed by atoms with Gasteiger partial charge in [0.1, 0.15) is 17.4 Å². The van der Waals surface area contributed by atoms with Gasteiger partial charge in [0.15, 0.2) is 5.78 Å². The minimum absolute atomic E-state index is 0.108. The summed E-state index contributed by atoms with van der Waals surface area (Å²) < 4.78 is 2.04. The maximum absolute atomic E-state index is 12.6. The van der Waals surface area contributed by atoms with E-state index in [-0.39, 0.29) is 11.6 Å². The lowest BCUT2D eigenvalue weighted by Crippen LogP contribution is -2.11. The third-order valence-electron chi connectivity index (χ3n) is 6.35. The van der Waals surface area contributed by atoms with Gasteiger partial charge in [0.25, 0.3) is 0 Å². The Hall–Kier alpha value is -3.08. The summed E-state index contributed by atoms with van der Waals surface area (Å²) in [7, 11) is 0. The van der Waals surface area contributed by atoms with E-state index >= 15 is 0 Å². The highest BCUT2D eigenvalue weighted by Crippen LogP contribution is 2.19. The average Bonchev–Trinajstić information content (AvgIpc) is 3.18. The van der Waals surface area contributed by atoms with Crippen LogP contribution >= 0.6 is 0 Å². The van der Waals surface area contributed by atoms with Crippen molar-refractivity contribution in [2.75, 3.05) is 0 Å². The molecule has 0 atom stereocenters. The van der Waals surface area contributed by atoms with E-state index in [0.29, 0.717) is 32.1 Å². The van der Waals surface area contributed by atoms with Crippen molar-refractivity contribution in [1.82, 2.24) is 14.8 Å².